The van der Waals surface area contributed by atoms with E-state index in [1.54, 1.807) is 11.3 Å². The van der Waals surface area contributed by atoms with Gasteiger partial charge in [0, 0.05) is 0 Å². The molecule has 1 unspecified atom stereocenters. The van der Waals surface area contributed by atoms with Gasteiger partial charge in [-0.2, -0.15) is 0 Å². The van der Waals surface area contributed by atoms with E-state index >= 15 is 0 Å². The summed E-state index contributed by atoms with van der Waals surface area (Å²) in [6, 6.07) is 8.38. The van der Waals surface area contributed by atoms with Gasteiger partial charge in [-0.1, -0.05) is 13.0 Å². The standard InChI is InChI=1S/C14H13Br2NO2S/c1-2-17-13(9-6-12(15)20-14(9)16)8-3-4-10-11(5-8)19-7-18-10/h3-6,13,17H,2,7H2,1H3. The molecular formula is C14H13Br2NO2S. The van der Waals surface area contributed by atoms with Gasteiger partial charge in [0.2, 0.25) is 6.79 Å². The zero-order chi connectivity index (χ0) is 14.1. The van der Waals surface area contributed by atoms with Crippen molar-refractivity contribution in [2.24, 2.45) is 0 Å². The van der Waals surface area contributed by atoms with Crippen molar-refractivity contribution in [3.63, 3.8) is 0 Å². The van der Waals surface area contributed by atoms with Crippen molar-refractivity contribution in [1.82, 2.24) is 5.32 Å². The molecular weight excluding hydrogens is 406 g/mol. The largest absolute Gasteiger partial charge is 0.454 e. The summed E-state index contributed by atoms with van der Waals surface area (Å²) in [6.07, 6.45) is 0. The fourth-order valence-corrected chi connectivity index (χ4v) is 5.16. The molecule has 1 aliphatic rings. The normalized spacial score (nSPS) is 14.6. The Morgan fingerprint density at radius 2 is 2.05 bits per heavy atom. The molecule has 1 atom stereocenters. The summed E-state index contributed by atoms with van der Waals surface area (Å²) in [5, 5.41) is 3.52. The summed E-state index contributed by atoms with van der Waals surface area (Å²) < 4.78 is 13.1. The molecule has 0 bridgehead atoms. The molecule has 0 amide bonds. The van der Waals surface area contributed by atoms with Gasteiger partial charge in [-0.15, -0.1) is 11.3 Å². The van der Waals surface area contributed by atoms with Gasteiger partial charge in [0.15, 0.2) is 11.5 Å². The molecule has 0 spiro atoms. The molecule has 6 heteroatoms. The lowest BCUT2D eigenvalue weighted by atomic mass is 10.0. The van der Waals surface area contributed by atoms with Crippen molar-refractivity contribution in [3.8, 4) is 11.5 Å². The minimum absolute atomic E-state index is 0.131. The Hall–Kier alpha value is -0.560. The third kappa shape index (κ3) is 2.74. The predicted molar refractivity (Wildman–Crippen MR) is 87.8 cm³/mol. The average molecular weight is 419 g/mol. The number of fused-ring (bicyclic) bond motifs is 1. The zero-order valence-electron chi connectivity index (χ0n) is 10.8. The molecule has 0 saturated heterocycles. The lowest BCUT2D eigenvalue weighted by molar-refractivity contribution is 0.174. The van der Waals surface area contributed by atoms with Crippen LogP contribution in [-0.2, 0) is 0 Å². The van der Waals surface area contributed by atoms with Crippen LogP contribution in [0.5, 0.6) is 11.5 Å². The van der Waals surface area contributed by atoms with E-state index in [4.69, 9.17) is 9.47 Å². The topological polar surface area (TPSA) is 30.5 Å². The monoisotopic (exact) mass is 417 g/mol. The SMILES string of the molecule is CCNC(c1ccc2c(c1)OCO2)c1cc(Br)sc1Br. The lowest BCUT2D eigenvalue weighted by Gasteiger charge is -2.18. The smallest absolute Gasteiger partial charge is 0.231 e. The third-order valence-corrected chi connectivity index (χ3v) is 5.52. The maximum absolute atomic E-state index is 5.47. The Balaban J connectivity index is 2.00. The van der Waals surface area contributed by atoms with E-state index in [-0.39, 0.29) is 6.04 Å². The maximum Gasteiger partial charge on any atom is 0.231 e. The van der Waals surface area contributed by atoms with Crippen LogP contribution in [0.4, 0.5) is 0 Å². The van der Waals surface area contributed by atoms with Gasteiger partial charge in [-0.3, -0.25) is 0 Å². The number of nitrogens with one attached hydrogen (secondary N) is 1. The first-order valence-corrected chi connectivity index (χ1v) is 8.67. The third-order valence-electron chi connectivity index (χ3n) is 3.13. The van der Waals surface area contributed by atoms with Crippen molar-refractivity contribution < 1.29 is 9.47 Å². The summed E-state index contributed by atoms with van der Waals surface area (Å²) in [6.45, 7) is 3.30. The van der Waals surface area contributed by atoms with Crippen LogP contribution in [0.25, 0.3) is 0 Å². The van der Waals surface area contributed by atoms with Crippen LogP contribution in [-0.4, -0.2) is 13.3 Å². The van der Waals surface area contributed by atoms with Crippen LogP contribution >= 0.6 is 43.2 Å². The second-order valence-electron chi connectivity index (χ2n) is 4.38. The maximum atomic E-state index is 5.47. The van der Waals surface area contributed by atoms with Crippen molar-refractivity contribution in [2.75, 3.05) is 13.3 Å². The Labute approximate surface area is 138 Å². The molecule has 0 fully saturated rings. The first kappa shape index (κ1) is 14.4. The molecule has 0 aliphatic carbocycles. The van der Waals surface area contributed by atoms with Gasteiger partial charge in [-0.05, 0) is 67.7 Å². The fourth-order valence-electron chi connectivity index (χ4n) is 2.25. The van der Waals surface area contributed by atoms with E-state index in [9.17, 15) is 0 Å². The van der Waals surface area contributed by atoms with Gasteiger partial charge >= 0.3 is 0 Å². The van der Waals surface area contributed by atoms with Crippen molar-refractivity contribution in [1.29, 1.82) is 0 Å². The van der Waals surface area contributed by atoms with E-state index in [2.05, 4.69) is 56.2 Å². The minimum Gasteiger partial charge on any atom is -0.454 e. The van der Waals surface area contributed by atoms with E-state index in [0.717, 1.165) is 25.6 Å². The van der Waals surface area contributed by atoms with Gasteiger partial charge in [0.1, 0.15) is 0 Å². The van der Waals surface area contributed by atoms with Gasteiger partial charge in [-0.25, -0.2) is 0 Å². The number of hydrogen-bond donors (Lipinski definition) is 1. The van der Waals surface area contributed by atoms with Crippen molar-refractivity contribution in [2.45, 2.75) is 13.0 Å². The quantitative estimate of drug-likeness (QED) is 0.780. The van der Waals surface area contributed by atoms with Crippen LogP contribution in [0.1, 0.15) is 24.1 Å². The van der Waals surface area contributed by atoms with Crippen LogP contribution in [0, 0.1) is 0 Å². The van der Waals surface area contributed by atoms with E-state index in [1.807, 2.05) is 12.1 Å². The van der Waals surface area contributed by atoms with Crippen molar-refractivity contribution in [3.05, 3.63) is 43.0 Å². The fraction of sp³-hybridized carbons (Fsp3) is 0.286. The molecule has 3 nitrogen and oxygen atoms in total. The molecule has 0 saturated carbocycles. The molecule has 1 aliphatic heterocycles. The average Bonchev–Trinajstić information content (AvgIpc) is 3.01. The lowest BCUT2D eigenvalue weighted by Crippen LogP contribution is -2.21. The molecule has 0 radical (unpaired) electrons. The molecule has 106 valence electrons. The van der Waals surface area contributed by atoms with Gasteiger partial charge in [0.25, 0.3) is 0 Å². The number of thiophene rings is 1. The number of benzene rings is 1. The van der Waals surface area contributed by atoms with Gasteiger partial charge in [0.05, 0.1) is 13.6 Å². The summed E-state index contributed by atoms with van der Waals surface area (Å²) in [4.78, 5) is 0. The molecule has 1 aromatic heterocycles. The highest BCUT2D eigenvalue weighted by Gasteiger charge is 2.21. The summed E-state index contributed by atoms with van der Waals surface area (Å²) in [5.41, 5.74) is 2.39. The van der Waals surface area contributed by atoms with Crippen LogP contribution in [0.15, 0.2) is 31.8 Å². The van der Waals surface area contributed by atoms with E-state index in [0.29, 0.717) is 6.79 Å². The zero-order valence-corrected chi connectivity index (χ0v) is 14.8. The van der Waals surface area contributed by atoms with E-state index < -0.39 is 0 Å². The second kappa shape index (κ2) is 6.05. The number of ether oxygens (including phenoxy) is 2. The first-order valence-electron chi connectivity index (χ1n) is 6.26. The van der Waals surface area contributed by atoms with Crippen LogP contribution < -0.4 is 14.8 Å². The van der Waals surface area contributed by atoms with Crippen LogP contribution in [0.3, 0.4) is 0 Å². The molecule has 1 aromatic carbocycles. The highest BCUT2D eigenvalue weighted by Crippen LogP contribution is 2.40. The number of hydrogen-bond acceptors (Lipinski definition) is 4. The molecule has 2 heterocycles. The summed E-state index contributed by atoms with van der Waals surface area (Å²) in [7, 11) is 0. The molecule has 1 N–H and O–H groups in total. The van der Waals surface area contributed by atoms with Crippen molar-refractivity contribution >= 4 is 43.2 Å². The highest BCUT2D eigenvalue weighted by atomic mass is 79.9. The highest BCUT2D eigenvalue weighted by molar-refractivity contribution is 9.12. The Bertz CT molecular complexity index is 630. The predicted octanol–water partition coefficient (Wildman–Crippen LogP) is 4.70. The molecule has 3 rings (SSSR count). The van der Waals surface area contributed by atoms with Crippen LogP contribution in [0.2, 0.25) is 0 Å². The molecule has 20 heavy (non-hydrogen) atoms. The summed E-state index contributed by atoms with van der Waals surface area (Å²) in [5.74, 6) is 1.63. The number of rotatable bonds is 4. The first-order chi connectivity index (χ1) is 9.69. The van der Waals surface area contributed by atoms with Gasteiger partial charge < -0.3 is 14.8 Å². The second-order valence-corrected chi connectivity index (χ2v) is 8.13. The number of halogens is 2. The van der Waals surface area contributed by atoms with E-state index in [1.165, 1.54) is 11.1 Å². The Morgan fingerprint density at radius 1 is 1.25 bits per heavy atom. The Kier molecular flexibility index (Phi) is 4.35. The summed E-state index contributed by atoms with van der Waals surface area (Å²) >= 11 is 8.86. The molecule has 2 aromatic rings. The minimum atomic E-state index is 0.131. The Morgan fingerprint density at radius 3 is 2.75 bits per heavy atom.